The van der Waals surface area contributed by atoms with E-state index < -0.39 is 72.4 Å². The molecule has 332 valence electrons. The summed E-state index contributed by atoms with van der Waals surface area (Å²) in [5.41, 5.74) is 11.8. The van der Waals surface area contributed by atoms with Crippen molar-refractivity contribution in [2.24, 2.45) is 11.5 Å². The summed E-state index contributed by atoms with van der Waals surface area (Å²) in [5.74, 6) is -4.68. The number of hydrogen-bond donors (Lipinski definition) is 9. The van der Waals surface area contributed by atoms with Crippen molar-refractivity contribution in [2.45, 2.75) is 25.9 Å². The van der Waals surface area contributed by atoms with Crippen molar-refractivity contribution < 1.29 is 57.3 Å². The molecule has 0 aliphatic heterocycles. The van der Waals surface area contributed by atoms with Crippen LogP contribution in [0.4, 0.5) is 22.7 Å². The number of anilines is 4. The fourth-order valence-electron chi connectivity index (χ4n) is 5.64. The first-order valence-electron chi connectivity index (χ1n) is 18.8. The lowest BCUT2D eigenvalue weighted by Gasteiger charge is -2.17. The molecule has 0 saturated carbocycles. The van der Waals surface area contributed by atoms with Crippen LogP contribution in [0.2, 0.25) is 0 Å². The Bertz CT molecular complexity index is 2420. The smallest absolute Gasteiger partial charge is 0.255 e. The van der Waals surface area contributed by atoms with Gasteiger partial charge in [-0.15, -0.1) is 0 Å². The van der Waals surface area contributed by atoms with Crippen molar-refractivity contribution in [1.29, 1.82) is 0 Å². The highest BCUT2D eigenvalue weighted by Gasteiger charge is 2.23. The maximum atomic E-state index is 13.4. The third kappa shape index (κ3) is 12.9. The SMILES string of the molecule is COc1ccc(NC(=O)CNC(=O)c2cc(NC(=O)[C@@H](C)NC(=O)c3cc(NC(=O)CNC(=O)c4cc(NC(=O)[C@@H](C)N)ccc4OC)ccc3OC)ccc2OC)cc1C(N)=O. The molecule has 2 atom stereocenters. The molecule has 0 spiro atoms. The molecule has 0 bridgehead atoms. The fourth-order valence-corrected chi connectivity index (χ4v) is 5.64. The predicted octanol–water partition coefficient (Wildman–Crippen LogP) is 1.60. The Morgan fingerprint density at radius 1 is 0.492 bits per heavy atom. The molecular formula is C42H47N9O12. The molecule has 11 N–H and O–H groups in total. The predicted molar refractivity (Wildman–Crippen MR) is 230 cm³/mol. The molecule has 4 rings (SSSR count). The molecule has 0 aliphatic rings. The van der Waals surface area contributed by atoms with Crippen LogP contribution < -0.4 is 67.6 Å². The Morgan fingerprint density at radius 3 is 1.19 bits per heavy atom. The number of methoxy groups -OCH3 is 4. The average molecular weight is 870 g/mol. The number of carbonyl (C=O) groups excluding carboxylic acids is 8. The summed E-state index contributed by atoms with van der Waals surface area (Å²) >= 11 is 0. The van der Waals surface area contributed by atoms with Gasteiger partial charge in [-0.3, -0.25) is 38.4 Å². The molecule has 0 unspecified atom stereocenters. The Balaban J connectivity index is 1.35. The number of rotatable bonds is 19. The van der Waals surface area contributed by atoms with Gasteiger partial charge in [-0.25, -0.2) is 0 Å². The first kappa shape index (κ1) is 47.5. The van der Waals surface area contributed by atoms with Gasteiger partial charge in [0, 0.05) is 22.7 Å². The van der Waals surface area contributed by atoms with Crippen molar-refractivity contribution in [3.05, 3.63) is 95.1 Å². The van der Waals surface area contributed by atoms with Gasteiger partial charge >= 0.3 is 0 Å². The number of hydrogen-bond acceptors (Lipinski definition) is 13. The monoisotopic (exact) mass is 869 g/mol. The summed E-state index contributed by atoms with van der Waals surface area (Å²) in [6.07, 6.45) is 0. The van der Waals surface area contributed by atoms with Crippen LogP contribution in [0, 0.1) is 0 Å². The van der Waals surface area contributed by atoms with Gasteiger partial charge in [0.25, 0.3) is 23.6 Å². The first-order valence-corrected chi connectivity index (χ1v) is 18.8. The highest BCUT2D eigenvalue weighted by molar-refractivity contribution is 6.06. The summed E-state index contributed by atoms with van der Waals surface area (Å²) < 4.78 is 21.0. The second-order valence-electron chi connectivity index (χ2n) is 13.4. The largest absolute Gasteiger partial charge is 0.496 e. The quantitative estimate of drug-likeness (QED) is 0.0648. The molecule has 4 aromatic rings. The normalized spacial score (nSPS) is 11.3. The van der Waals surface area contributed by atoms with Gasteiger partial charge in [-0.2, -0.15) is 0 Å². The fraction of sp³-hybridized carbons (Fsp3) is 0.238. The van der Waals surface area contributed by atoms with E-state index in [-0.39, 0.29) is 68.0 Å². The average Bonchev–Trinajstić information content (AvgIpc) is 3.26. The lowest BCUT2D eigenvalue weighted by atomic mass is 10.1. The van der Waals surface area contributed by atoms with E-state index in [2.05, 4.69) is 37.2 Å². The maximum absolute atomic E-state index is 13.4. The minimum absolute atomic E-state index is 0.0275. The number of amides is 8. The van der Waals surface area contributed by atoms with Crippen LogP contribution in [0.5, 0.6) is 23.0 Å². The van der Waals surface area contributed by atoms with Crippen LogP contribution >= 0.6 is 0 Å². The molecule has 0 heterocycles. The van der Waals surface area contributed by atoms with E-state index in [1.807, 2.05) is 0 Å². The zero-order chi connectivity index (χ0) is 46.4. The summed E-state index contributed by atoms with van der Waals surface area (Å²) in [7, 11) is 5.37. The molecule has 21 heteroatoms. The Morgan fingerprint density at radius 2 is 0.825 bits per heavy atom. The molecule has 0 fully saturated rings. The molecule has 8 amide bonds. The van der Waals surface area contributed by atoms with E-state index in [9.17, 15) is 38.4 Å². The van der Waals surface area contributed by atoms with Gasteiger partial charge in [0.15, 0.2) is 0 Å². The lowest BCUT2D eigenvalue weighted by Crippen LogP contribution is -2.41. The van der Waals surface area contributed by atoms with Crippen LogP contribution in [-0.2, 0) is 19.2 Å². The molecular weight excluding hydrogens is 823 g/mol. The molecule has 0 aliphatic carbocycles. The van der Waals surface area contributed by atoms with E-state index in [0.29, 0.717) is 0 Å². The van der Waals surface area contributed by atoms with Crippen LogP contribution in [0.15, 0.2) is 72.8 Å². The van der Waals surface area contributed by atoms with E-state index >= 15 is 0 Å². The zero-order valence-corrected chi connectivity index (χ0v) is 35.1. The standard InChI is InChI=1S/C42H47N9O12/c1-21(43)38(55)50-25-9-13-32(61-4)28(17-25)40(57)46-20-36(53)49-24-8-12-34(63-6)30(16-24)42(59)47-22(2)39(56)51-26-10-14-33(62-5)29(18-26)41(58)45-19-35(52)48-23-7-11-31(60-3)27(15-23)37(44)54/h7-18,21-22H,19-20,43H2,1-6H3,(H2,44,54)(H,45,58)(H,46,57)(H,47,59)(H,48,52)(H,49,53)(H,50,55)(H,51,56)/t21-,22-/m1/s1. The van der Waals surface area contributed by atoms with Crippen LogP contribution in [0.25, 0.3) is 0 Å². The maximum Gasteiger partial charge on any atom is 0.255 e. The van der Waals surface area contributed by atoms with E-state index in [1.165, 1.54) is 115 Å². The Hall–Kier alpha value is -8.20. The van der Waals surface area contributed by atoms with Crippen LogP contribution in [-0.4, -0.2) is 101 Å². The van der Waals surface area contributed by atoms with E-state index in [1.54, 1.807) is 0 Å². The van der Waals surface area contributed by atoms with Gasteiger partial charge in [0.05, 0.1) is 69.8 Å². The van der Waals surface area contributed by atoms with Crippen molar-refractivity contribution >= 4 is 70.0 Å². The summed E-state index contributed by atoms with van der Waals surface area (Å²) in [5, 5.41) is 17.9. The number of ether oxygens (including phenoxy) is 4. The summed E-state index contributed by atoms with van der Waals surface area (Å²) in [6.45, 7) is 1.95. The number of nitrogens with two attached hydrogens (primary N) is 2. The van der Waals surface area contributed by atoms with Gasteiger partial charge in [0.2, 0.25) is 23.6 Å². The van der Waals surface area contributed by atoms with Crippen molar-refractivity contribution in [2.75, 3.05) is 62.8 Å². The second kappa shape index (κ2) is 21.9. The van der Waals surface area contributed by atoms with Gasteiger partial charge in [-0.1, -0.05) is 0 Å². The minimum atomic E-state index is -1.14. The van der Waals surface area contributed by atoms with Crippen LogP contribution in [0.1, 0.15) is 55.3 Å². The van der Waals surface area contributed by atoms with Crippen molar-refractivity contribution in [3.8, 4) is 23.0 Å². The van der Waals surface area contributed by atoms with Gasteiger partial charge < -0.3 is 67.6 Å². The highest BCUT2D eigenvalue weighted by Crippen LogP contribution is 2.26. The number of nitrogens with one attached hydrogen (secondary N) is 7. The summed E-state index contributed by atoms with van der Waals surface area (Å²) in [6, 6.07) is 15.1. The molecule has 21 nitrogen and oxygen atoms in total. The summed E-state index contributed by atoms with van der Waals surface area (Å²) in [4.78, 5) is 102. The molecule has 63 heavy (non-hydrogen) atoms. The molecule has 0 aromatic heterocycles. The molecule has 4 aromatic carbocycles. The van der Waals surface area contributed by atoms with Crippen molar-refractivity contribution in [1.82, 2.24) is 16.0 Å². The van der Waals surface area contributed by atoms with Crippen LogP contribution in [0.3, 0.4) is 0 Å². The van der Waals surface area contributed by atoms with E-state index in [0.717, 1.165) is 0 Å². The Labute approximate surface area is 360 Å². The molecule has 0 saturated heterocycles. The van der Waals surface area contributed by atoms with E-state index in [4.69, 9.17) is 30.4 Å². The molecule has 0 radical (unpaired) electrons. The first-order chi connectivity index (χ1) is 30.0. The van der Waals surface area contributed by atoms with Gasteiger partial charge in [0.1, 0.15) is 29.0 Å². The third-order valence-corrected chi connectivity index (χ3v) is 8.87. The second-order valence-corrected chi connectivity index (χ2v) is 13.4. The number of primary amides is 1. The topological polar surface area (TPSA) is 310 Å². The Kier molecular flexibility index (Phi) is 16.5. The van der Waals surface area contributed by atoms with Crippen molar-refractivity contribution in [3.63, 3.8) is 0 Å². The lowest BCUT2D eigenvalue weighted by molar-refractivity contribution is -0.118. The highest BCUT2D eigenvalue weighted by atomic mass is 16.5. The number of carbonyl (C=O) groups is 8. The number of benzene rings is 4. The zero-order valence-electron chi connectivity index (χ0n) is 35.1. The minimum Gasteiger partial charge on any atom is -0.496 e. The third-order valence-electron chi connectivity index (χ3n) is 8.87. The van der Waals surface area contributed by atoms with Gasteiger partial charge in [-0.05, 0) is 86.6 Å².